The van der Waals surface area contributed by atoms with Gasteiger partial charge < -0.3 is 0 Å². The molecule has 0 aliphatic rings. The summed E-state index contributed by atoms with van der Waals surface area (Å²) in [6, 6.07) is 16.0. The Kier molecular flexibility index (Phi) is 3.00. The van der Waals surface area contributed by atoms with Gasteiger partial charge in [-0.3, -0.25) is 0 Å². The standard InChI is InChI=1S/C18H20N6/c1-17(2,23-15-11-7-5-9-13(15)19-21-23)18(3,4)24-16-12-8-6-10-14(16)20-22-24/h5-12H,1-4H3. The predicted molar refractivity (Wildman–Crippen MR) is 93.7 cm³/mol. The first kappa shape index (κ1) is 14.8. The molecule has 24 heavy (non-hydrogen) atoms. The Bertz CT molecular complexity index is 940. The Balaban J connectivity index is 1.91. The molecule has 0 aliphatic heterocycles. The van der Waals surface area contributed by atoms with E-state index in [0.29, 0.717) is 0 Å². The van der Waals surface area contributed by atoms with Gasteiger partial charge in [-0.25, -0.2) is 9.36 Å². The highest BCUT2D eigenvalue weighted by Crippen LogP contribution is 2.37. The molecule has 2 aromatic carbocycles. The average Bonchev–Trinajstić information content (AvgIpc) is 3.19. The van der Waals surface area contributed by atoms with E-state index in [0.717, 1.165) is 22.1 Å². The van der Waals surface area contributed by atoms with Gasteiger partial charge in [-0.15, -0.1) is 10.2 Å². The quantitative estimate of drug-likeness (QED) is 0.581. The monoisotopic (exact) mass is 320 g/mol. The summed E-state index contributed by atoms with van der Waals surface area (Å²) in [5.41, 5.74) is 3.06. The van der Waals surface area contributed by atoms with Gasteiger partial charge in [-0.2, -0.15) is 0 Å². The Hall–Kier alpha value is -2.76. The Labute approximate surface area is 140 Å². The molecule has 0 amide bonds. The fourth-order valence-corrected chi connectivity index (χ4v) is 3.08. The molecule has 0 saturated carbocycles. The number of benzene rings is 2. The lowest BCUT2D eigenvalue weighted by Crippen LogP contribution is -2.50. The van der Waals surface area contributed by atoms with E-state index in [2.05, 4.69) is 48.3 Å². The second-order valence-corrected chi connectivity index (χ2v) is 7.10. The summed E-state index contributed by atoms with van der Waals surface area (Å²) in [4.78, 5) is 0. The molecule has 0 N–H and O–H groups in total. The SMILES string of the molecule is CC(C)(n1nnc2ccccc21)C(C)(C)n1nnc2ccccc21. The van der Waals surface area contributed by atoms with Gasteiger partial charge in [0, 0.05) is 0 Å². The summed E-state index contributed by atoms with van der Waals surface area (Å²) in [7, 11) is 0. The van der Waals surface area contributed by atoms with E-state index in [1.807, 2.05) is 57.9 Å². The van der Waals surface area contributed by atoms with Crippen LogP contribution in [-0.4, -0.2) is 30.0 Å². The summed E-state index contributed by atoms with van der Waals surface area (Å²) in [5.74, 6) is 0. The van der Waals surface area contributed by atoms with Gasteiger partial charge in [0.15, 0.2) is 0 Å². The van der Waals surface area contributed by atoms with Crippen LogP contribution in [0.5, 0.6) is 0 Å². The second-order valence-electron chi connectivity index (χ2n) is 7.10. The number of para-hydroxylation sites is 2. The van der Waals surface area contributed by atoms with Gasteiger partial charge >= 0.3 is 0 Å². The lowest BCUT2D eigenvalue weighted by molar-refractivity contribution is 0.103. The molecule has 0 unspecified atom stereocenters. The van der Waals surface area contributed by atoms with Crippen LogP contribution in [-0.2, 0) is 11.1 Å². The van der Waals surface area contributed by atoms with E-state index >= 15 is 0 Å². The number of nitrogens with zero attached hydrogens (tertiary/aromatic N) is 6. The minimum Gasteiger partial charge on any atom is -0.237 e. The molecule has 0 bridgehead atoms. The Morgan fingerprint density at radius 1 is 0.625 bits per heavy atom. The third-order valence-corrected chi connectivity index (χ3v) is 5.26. The van der Waals surface area contributed by atoms with Crippen LogP contribution in [0.25, 0.3) is 22.1 Å². The summed E-state index contributed by atoms with van der Waals surface area (Å²) in [6.45, 7) is 8.63. The molecule has 0 atom stereocenters. The summed E-state index contributed by atoms with van der Waals surface area (Å²) >= 11 is 0. The van der Waals surface area contributed by atoms with Gasteiger partial charge in [-0.05, 0) is 52.0 Å². The Morgan fingerprint density at radius 2 is 1.00 bits per heavy atom. The van der Waals surface area contributed by atoms with E-state index in [-0.39, 0.29) is 11.1 Å². The van der Waals surface area contributed by atoms with Gasteiger partial charge in [0.2, 0.25) is 0 Å². The van der Waals surface area contributed by atoms with E-state index in [1.165, 1.54) is 0 Å². The third kappa shape index (κ3) is 1.89. The van der Waals surface area contributed by atoms with Crippen LogP contribution in [0.3, 0.4) is 0 Å². The molecule has 0 radical (unpaired) electrons. The lowest BCUT2D eigenvalue weighted by Gasteiger charge is -2.41. The molecule has 2 heterocycles. The zero-order valence-corrected chi connectivity index (χ0v) is 14.3. The predicted octanol–water partition coefficient (Wildman–Crippen LogP) is 3.35. The lowest BCUT2D eigenvalue weighted by atomic mass is 9.82. The zero-order valence-electron chi connectivity index (χ0n) is 14.3. The zero-order chi connectivity index (χ0) is 16.9. The van der Waals surface area contributed by atoms with Crippen LogP contribution in [0.2, 0.25) is 0 Å². The molecule has 0 fully saturated rings. The maximum absolute atomic E-state index is 4.43. The molecule has 2 aromatic heterocycles. The number of rotatable bonds is 3. The molecular formula is C18H20N6. The van der Waals surface area contributed by atoms with E-state index in [9.17, 15) is 0 Å². The van der Waals surface area contributed by atoms with Crippen molar-refractivity contribution in [1.82, 2.24) is 30.0 Å². The first-order chi connectivity index (χ1) is 11.4. The van der Waals surface area contributed by atoms with Crippen LogP contribution >= 0.6 is 0 Å². The van der Waals surface area contributed by atoms with Gasteiger partial charge in [0.25, 0.3) is 0 Å². The first-order valence-corrected chi connectivity index (χ1v) is 8.05. The molecule has 4 rings (SSSR count). The van der Waals surface area contributed by atoms with Crippen LogP contribution < -0.4 is 0 Å². The second kappa shape index (κ2) is 4.87. The molecule has 4 aromatic rings. The fraction of sp³-hybridized carbons (Fsp3) is 0.333. The van der Waals surface area contributed by atoms with Crippen molar-refractivity contribution in [3.8, 4) is 0 Å². The van der Waals surface area contributed by atoms with Crippen molar-refractivity contribution in [3.05, 3.63) is 48.5 Å². The van der Waals surface area contributed by atoms with Crippen molar-refractivity contribution in [2.45, 2.75) is 38.8 Å². The van der Waals surface area contributed by atoms with Crippen LogP contribution in [0, 0.1) is 0 Å². The molecule has 0 spiro atoms. The van der Waals surface area contributed by atoms with Crippen molar-refractivity contribution in [2.75, 3.05) is 0 Å². The molecule has 0 saturated heterocycles. The molecule has 122 valence electrons. The normalized spacial score (nSPS) is 13.0. The van der Waals surface area contributed by atoms with E-state index in [4.69, 9.17) is 0 Å². The van der Waals surface area contributed by atoms with E-state index < -0.39 is 0 Å². The van der Waals surface area contributed by atoms with Crippen molar-refractivity contribution in [3.63, 3.8) is 0 Å². The van der Waals surface area contributed by atoms with Crippen LogP contribution in [0.1, 0.15) is 27.7 Å². The molecule has 0 aliphatic carbocycles. The minimum atomic E-state index is -0.375. The third-order valence-electron chi connectivity index (χ3n) is 5.26. The Morgan fingerprint density at radius 3 is 1.42 bits per heavy atom. The topological polar surface area (TPSA) is 61.4 Å². The maximum Gasteiger partial charge on any atom is 0.113 e. The number of fused-ring (bicyclic) bond motifs is 2. The van der Waals surface area contributed by atoms with Gasteiger partial charge in [0.05, 0.1) is 22.1 Å². The van der Waals surface area contributed by atoms with Crippen LogP contribution in [0.4, 0.5) is 0 Å². The first-order valence-electron chi connectivity index (χ1n) is 8.05. The summed E-state index contributed by atoms with van der Waals surface area (Å²) < 4.78 is 3.97. The number of aromatic nitrogens is 6. The van der Waals surface area contributed by atoms with Crippen LogP contribution in [0.15, 0.2) is 48.5 Å². The number of hydrogen-bond donors (Lipinski definition) is 0. The maximum atomic E-state index is 4.43. The summed E-state index contributed by atoms with van der Waals surface area (Å²) in [6.07, 6.45) is 0. The largest absolute Gasteiger partial charge is 0.237 e. The fourth-order valence-electron chi connectivity index (χ4n) is 3.08. The van der Waals surface area contributed by atoms with Gasteiger partial charge in [0.1, 0.15) is 11.0 Å². The smallest absolute Gasteiger partial charge is 0.113 e. The highest BCUT2D eigenvalue weighted by molar-refractivity contribution is 5.75. The average molecular weight is 320 g/mol. The van der Waals surface area contributed by atoms with Crippen molar-refractivity contribution in [2.24, 2.45) is 0 Å². The molecule has 6 nitrogen and oxygen atoms in total. The van der Waals surface area contributed by atoms with Gasteiger partial charge in [-0.1, -0.05) is 34.7 Å². The van der Waals surface area contributed by atoms with Crippen molar-refractivity contribution in [1.29, 1.82) is 0 Å². The number of hydrogen-bond acceptors (Lipinski definition) is 4. The molecule has 6 heteroatoms. The van der Waals surface area contributed by atoms with E-state index in [1.54, 1.807) is 0 Å². The highest BCUT2D eigenvalue weighted by atomic mass is 15.5. The molecular weight excluding hydrogens is 300 g/mol. The van der Waals surface area contributed by atoms with Crippen molar-refractivity contribution < 1.29 is 0 Å². The van der Waals surface area contributed by atoms with Crippen molar-refractivity contribution >= 4 is 22.1 Å². The minimum absolute atomic E-state index is 0.375. The summed E-state index contributed by atoms with van der Waals surface area (Å²) in [5, 5.41) is 17.5. The highest BCUT2D eigenvalue weighted by Gasteiger charge is 2.43.